The average Bonchev–Trinajstić information content (AvgIpc) is 2.85. The van der Waals surface area contributed by atoms with Crippen molar-refractivity contribution < 1.29 is 4.79 Å². The number of carbonyl (C=O) groups is 1. The van der Waals surface area contributed by atoms with Gasteiger partial charge in [-0.3, -0.25) is 9.89 Å². The fraction of sp³-hybridized carbons (Fsp3) is 0.562. The number of nitrogens with zero attached hydrogens (tertiary/aromatic N) is 2. The van der Waals surface area contributed by atoms with Crippen molar-refractivity contribution in [2.24, 2.45) is 11.8 Å². The lowest BCUT2D eigenvalue weighted by Crippen LogP contribution is -2.43. The van der Waals surface area contributed by atoms with Gasteiger partial charge in [0.25, 0.3) is 5.91 Å². The Morgan fingerprint density at radius 1 is 1.38 bits per heavy atom. The van der Waals surface area contributed by atoms with Crippen LogP contribution in [0.3, 0.4) is 0 Å². The van der Waals surface area contributed by atoms with Gasteiger partial charge in [0.15, 0.2) is 5.65 Å². The van der Waals surface area contributed by atoms with Crippen LogP contribution in [-0.4, -0.2) is 27.1 Å². The summed E-state index contributed by atoms with van der Waals surface area (Å²) in [5.74, 6) is 1.16. The molecule has 2 aromatic heterocycles. The molecule has 0 unspecified atom stereocenters. The van der Waals surface area contributed by atoms with Gasteiger partial charge in [-0.25, -0.2) is 4.98 Å². The van der Waals surface area contributed by atoms with E-state index in [2.05, 4.69) is 34.3 Å². The van der Waals surface area contributed by atoms with Gasteiger partial charge in [0.2, 0.25) is 0 Å². The van der Waals surface area contributed by atoms with Gasteiger partial charge in [-0.15, -0.1) is 0 Å². The summed E-state index contributed by atoms with van der Waals surface area (Å²) < 4.78 is 0. The summed E-state index contributed by atoms with van der Waals surface area (Å²) in [5.41, 5.74) is 2.20. The highest BCUT2D eigenvalue weighted by atomic mass is 16.1. The number of pyridine rings is 1. The summed E-state index contributed by atoms with van der Waals surface area (Å²) in [5, 5.41) is 11.1. The second-order valence-corrected chi connectivity index (χ2v) is 6.29. The Morgan fingerprint density at radius 2 is 2.19 bits per heavy atom. The number of amides is 1. The number of carbonyl (C=O) groups excluding carboxylic acids is 1. The summed E-state index contributed by atoms with van der Waals surface area (Å²) in [6.45, 7) is 6.44. The van der Waals surface area contributed by atoms with Crippen molar-refractivity contribution in [3.8, 4) is 0 Å². The van der Waals surface area contributed by atoms with Crippen molar-refractivity contribution in [2.45, 2.75) is 46.1 Å². The number of aryl methyl sites for hydroxylation is 1. The second kappa shape index (κ2) is 5.47. The molecule has 3 atom stereocenters. The van der Waals surface area contributed by atoms with E-state index in [1.165, 1.54) is 12.8 Å². The Balaban J connectivity index is 1.78. The van der Waals surface area contributed by atoms with Crippen molar-refractivity contribution in [1.82, 2.24) is 20.5 Å². The summed E-state index contributed by atoms with van der Waals surface area (Å²) >= 11 is 0. The van der Waals surface area contributed by atoms with Crippen LogP contribution in [0.2, 0.25) is 0 Å². The molecule has 0 aliphatic heterocycles. The highest BCUT2D eigenvalue weighted by Crippen LogP contribution is 2.29. The maximum Gasteiger partial charge on any atom is 0.253 e. The van der Waals surface area contributed by atoms with E-state index in [0.29, 0.717) is 23.0 Å². The van der Waals surface area contributed by atoms with Crippen LogP contribution in [0.5, 0.6) is 0 Å². The molecule has 1 amide bonds. The van der Waals surface area contributed by atoms with Crippen molar-refractivity contribution >= 4 is 16.9 Å². The molecule has 0 saturated heterocycles. The zero-order valence-corrected chi connectivity index (χ0v) is 12.8. The summed E-state index contributed by atoms with van der Waals surface area (Å²) in [6.07, 6.45) is 5.12. The minimum Gasteiger partial charge on any atom is -0.349 e. The molecular weight excluding hydrogens is 264 g/mol. The first kappa shape index (κ1) is 14.0. The fourth-order valence-electron chi connectivity index (χ4n) is 3.18. The van der Waals surface area contributed by atoms with Crippen LogP contribution in [0, 0.1) is 18.8 Å². The minimum absolute atomic E-state index is 0.0315. The Bertz CT molecular complexity index is 663. The maximum absolute atomic E-state index is 12.5. The van der Waals surface area contributed by atoms with E-state index < -0.39 is 0 Å². The Morgan fingerprint density at radius 3 is 3.00 bits per heavy atom. The quantitative estimate of drug-likeness (QED) is 0.891. The van der Waals surface area contributed by atoms with Gasteiger partial charge in [0.05, 0.1) is 5.56 Å². The summed E-state index contributed by atoms with van der Waals surface area (Å²) in [4.78, 5) is 16.7. The SMILES string of the molecule is Cc1[nH]nc2ncc(C(=O)N[C@@H]3CCC[C@H](C)[C@@H]3C)cc12. The summed E-state index contributed by atoms with van der Waals surface area (Å²) in [6, 6.07) is 2.13. The van der Waals surface area contributed by atoms with Crippen LogP contribution in [0.25, 0.3) is 11.0 Å². The molecule has 1 fully saturated rings. The third kappa shape index (κ3) is 2.64. The molecule has 0 spiro atoms. The third-order valence-corrected chi connectivity index (χ3v) is 4.89. The number of hydrogen-bond donors (Lipinski definition) is 2. The standard InChI is InChI=1S/C16H22N4O/c1-9-5-4-6-14(10(9)2)18-16(21)12-7-13-11(3)19-20-15(13)17-8-12/h7-10,14H,4-6H2,1-3H3,(H,18,21)(H,17,19,20)/t9-,10-,14+/m0/s1. The van der Waals surface area contributed by atoms with Crippen LogP contribution in [0.1, 0.15) is 49.2 Å². The van der Waals surface area contributed by atoms with E-state index >= 15 is 0 Å². The second-order valence-electron chi connectivity index (χ2n) is 6.29. The molecule has 112 valence electrons. The van der Waals surface area contributed by atoms with E-state index in [1.807, 2.05) is 13.0 Å². The molecule has 0 bridgehead atoms. The third-order valence-electron chi connectivity index (χ3n) is 4.89. The normalized spacial score (nSPS) is 26.0. The molecular formula is C16H22N4O. The molecule has 21 heavy (non-hydrogen) atoms. The number of aromatic nitrogens is 3. The molecule has 2 aromatic rings. The van der Waals surface area contributed by atoms with E-state index in [4.69, 9.17) is 0 Å². The first-order valence-electron chi connectivity index (χ1n) is 7.68. The van der Waals surface area contributed by atoms with Crippen molar-refractivity contribution in [2.75, 3.05) is 0 Å². The number of nitrogens with one attached hydrogen (secondary N) is 2. The molecule has 0 aromatic carbocycles. The molecule has 3 rings (SSSR count). The zero-order valence-electron chi connectivity index (χ0n) is 12.8. The van der Waals surface area contributed by atoms with Crippen LogP contribution < -0.4 is 5.32 Å². The van der Waals surface area contributed by atoms with E-state index in [1.54, 1.807) is 6.20 Å². The predicted molar refractivity (Wildman–Crippen MR) is 82.1 cm³/mol. The fourth-order valence-corrected chi connectivity index (χ4v) is 3.18. The molecule has 0 radical (unpaired) electrons. The van der Waals surface area contributed by atoms with Gasteiger partial charge in [-0.2, -0.15) is 5.10 Å². The summed E-state index contributed by atoms with van der Waals surface area (Å²) in [7, 11) is 0. The zero-order chi connectivity index (χ0) is 15.0. The first-order chi connectivity index (χ1) is 10.1. The topological polar surface area (TPSA) is 70.7 Å². The average molecular weight is 286 g/mol. The van der Waals surface area contributed by atoms with Gasteiger partial charge in [0.1, 0.15) is 0 Å². The lowest BCUT2D eigenvalue weighted by atomic mass is 9.78. The molecule has 2 heterocycles. The highest BCUT2D eigenvalue weighted by Gasteiger charge is 2.28. The van der Waals surface area contributed by atoms with E-state index in [0.717, 1.165) is 17.5 Å². The van der Waals surface area contributed by atoms with Gasteiger partial charge >= 0.3 is 0 Å². The number of rotatable bonds is 2. The van der Waals surface area contributed by atoms with Crippen molar-refractivity contribution in [3.63, 3.8) is 0 Å². The lowest BCUT2D eigenvalue weighted by Gasteiger charge is -2.34. The van der Waals surface area contributed by atoms with Crippen molar-refractivity contribution in [3.05, 3.63) is 23.5 Å². The number of H-pyrrole nitrogens is 1. The van der Waals surface area contributed by atoms with Crippen molar-refractivity contribution in [1.29, 1.82) is 0 Å². The van der Waals surface area contributed by atoms with Gasteiger partial charge in [-0.1, -0.05) is 26.7 Å². The smallest absolute Gasteiger partial charge is 0.253 e. The number of aromatic amines is 1. The minimum atomic E-state index is -0.0315. The Kier molecular flexibility index (Phi) is 3.66. The van der Waals surface area contributed by atoms with Gasteiger partial charge < -0.3 is 5.32 Å². The maximum atomic E-state index is 12.5. The molecule has 1 aliphatic carbocycles. The Hall–Kier alpha value is -1.91. The van der Waals surface area contributed by atoms with Crippen LogP contribution >= 0.6 is 0 Å². The first-order valence-corrected chi connectivity index (χ1v) is 7.68. The van der Waals surface area contributed by atoms with Crippen LogP contribution in [0.15, 0.2) is 12.3 Å². The molecule has 1 saturated carbocycles. The monoisotopic (exact) mass is 286 g/mol. The predicted octanol–water partition coefficient (Wildman–Crippen LogP) is 2.82. The molecule has 1 aliphatic rings. The molecule has 2 N–H and O–H groups in total. The lowest BCUT2D eigenvalue weighted by molar-refractivity contribution is 0.0891. The van der Waals surface area contributed by atoms with E-state index in [9.17, 15) is 4.79 Å². The van der Waals surface area contributed by atoms with E-state index in [-0.39, 0.29) is 11.9 Å². The molecule has 5 heteroatoms. The largest absolute Gasteiger partial charge is 0.349 e. The van der Waals surface area contributed by atoms with Crippen LogP contribution in [0.4, 0.5) is 0 Å². The van der Waals surface area contributed by atoms with Gasteiger partial charge in [-0.05, 0) is 31.2 Å². The van der Waals surface area contributed by atoms with Crippen LogP contribution in [-0.2, 0) is 0 Å². The number of fused-ring (bicyclic) bond motifs is 1. The Labute approximate surface area is 124 Å². The number of hydrogen-bond acceptors (Lipinski definition) is 3. The van der Waals surface area contributed by atoms with Gasteiger partial charge in [0, 0.05) is 23.3 Å². The highest BCUT2D eigenvalue weighted by molar-refractivity contribution is 5.97. The molecule has 5 nitrogen and oxygen atoms in total.